The minimum atomic E-state index is -0.761. The van der Waals surface area contributed by atoms with Crippen molar-refractivity contribution < 1.29 is 10.4 Å². The van der Waals surface area contributed by atoms with Crippen LogP contribution in [0.25, 0.3) is 0 Å². The average Bonchev–Trinajstić information content (AvgIpc) is 2.62. The van der Waals surface area contributed by atoms with E-state index in [0.717, 1.165) is 20.2 Å². The molecule has 0 bridgehead atoms. The average molecular weight is 345 g/mol. The smallest absolute Gasteiger partial charge is 0.135 e. The highest BCUT2D eigenvalue weighted by molar-refractivity contribution is 8.87. The van der Waals surface area contributed by atoms with Gasteiger partial charge in [-0.1, -0.05) is 0 Å². The van der Waals surface area contributed by atoms with Gasteiger partial charge in [-0.15, -0.1) is 20.5 Å². The van der Waals surface area contributed by atoms with E-state index in [1.807, 2.05) is 27.7 Å². The normalized spacial score (nSPS) is 29.5. The van der Waals surface area contributed by atoms with E-state index in [9.17, 15) is 10.4 Å². The number of nitrogens with zero attached hydrogens (tertiary/aromatic N) is 4. The SMILES string of the molecule is CC1(C)N=C(SSC2=NC(C)(C)N([O])C2(C)C)C(C)(C)N1[O]. The second-order valence-electron chi connectivity index (χ2n) is 7.70. The van der Waals surface area contributed by atoms with Crippen molar-refractivity contribution in [1.82, 2.24) is 10.1 Å². The zero-order valence-corrected chi connectivity index (χ0v) is 16.1. The molecule has 0 amide bonds. The summed E-state index contributed by atoms with van der Waals surface area (Å²) in [5.41, 5.74) is -2.86. The highest BCUT2D eigenvalue weighted by Crippen LogP contribution is 2.46. The van der Waals surface area contributed by atoms with Crippen LogP contribution in [-0.2, 0) is 10.4 Å². The molecular weight excluding hydrogens is 320 g/mol. The maximum absolute atomic E-state index is 12.3. The quantitative estimate of drug-likeness (QED) is 0.630. The van der Waals surface area contributed by atoms with Gasteiger partial charge in [0.2, 0.25) is 0 Å². The van der Waals surface area contributed by atoms with Crippen LogP contribution in [0.4, 0.5) is 0 Å². The summed E-state index contributed by atoms with van der Waals surface area (Å²) in [4.78, 5) is 9.09. The largest absolute Gasteiger partial charge is 0.256 e. The van der Waals surface area contributed by atoms with E-state index < -0.39 is 22.4 Å². The van der Waals surface area contributed by atoms with E-state index in [2.05, 4.69) is 9.98 Å². The Morgan fingerprint density at radius 2 is 0.955 bits per heavy atom. The Morgan fingerprint density at radius 3 is 1.14 bits per heavy atom. The van der Waals surface area contributed by atoms with Crippen LogP contribution < -0.4 is 0 Å². The number of hydrogen-bond donors (Lipinski definition) is 0. The monoisotopic (exact) mass is 344 g/mol. The fourth-order valence-electron chi connectivity index (χ4n) is 2.72. The Bertz CT molecular complexity index is 493. The lowest BCUT2D eigenvalue weighted by Gasteiger charge is -2.32. The third-order valence-corrected chi connectivity index (χ3v) is 6.78. The molecule has 0 spiro atoms. The predicted octanol–water partition coefficient (Wildman–Crippen LogP) is 3.52. The summed E-state index contributed by atoms with van der Waals surface area (Å²) in [6.07, 6.45) is 0. The van der Waals surface area contributed by atoms with E-state index in [1.165, 1.54) is 21.6 Å². The van der Waals surface area contributed by atoms with Crippen LogP contribution in [0.15, 0.2) is 9.98 Å². The van der Waals surface area contributed by atoms with E-state index in [-0.39, 0.29) is 0 Å². The Balaban J connectivity index is 2.18. The van der Waals surface area contributed by atoms with Crippen LogP contribution in [0.1, 0.15) is 55.4 Å². The molecule has 2 aliphatic rings. The van der Waals surface area contributed by atoms with Gasteiger partial charge in [0.05, 0.1) is 11.1 Å². The minimum absolute atomic E-state index is 0.670. The summed E-state index contributed by atoms with van der Waals surface area (Å²) in [5, 5.41) is 28.2. The lowest BCUT2D eigenvalue weighted by molar-refractivity contribution is -0.240. The highest BCUT2D eigenvalue weighted by Gasteiger charge is 2.51. The van der Waals surface area contributed by atoms with Crippen molar-refractivity contribution in [3.63, 3.8) is 0 Å². The van der Waals surface area contributed by atoms with Crippen molar-refractivity contribution in [2.75, 3.05) is 0 Å². The molecule has 0 N–H and O–H groups in total. The van der Waals surface area contributed by atoms with Gasteiger partial charge in [0.25, 0.3) is 0 Å². The van der Waals surface area contributed by atoms with E-state index in [1.54, 1.807) is 27.7 Å². The maximum atomic E-state index is 12.3. The maximum Gasteiger partial charge on any atom is 0.135 e. The molecule has 0 atom stereocenters. The molecule has 22 heavy (non-hydrogen) atoms. The molecule has 0 aromatic rings. The number of hydrogen-bond acceptors (Lipinski definition) is 6. The molecule has 0 saturated carbocycles. The molecule has 2 heterocycles. The van der Waals surface area contributed by atoms with Crippen LogP contribution in [0.5, 0.6) is 0 Å². The van der Waals surface area contributed by atoms with Gasteiger partial charge in [-0.25, -0.2) is 0 Å². The van der Waals surface area contributed by atoms with Crippen LogP contribution in [0.2, 0.25) is 0 Å². The molecule has 0 aromatic carbocycles. The molecule has 0 saturated heterocycles. The first-order valence-corrected chi connectivity index (χ1v) is 9.38. The standard InChI is InChI=1S/C14H24N4O2S2/c1-11(2)9(15-13(5,6)17(11)19)21-22-10-12(3,4)18(20)14(7,8)16-10/h1-8H3. The zero-order valence-electron chi connectivity index (χ0n) is 14.4. The third kappa shape index (κ3) is 2.74. The Morgan fingerprint density at radius 1 is 0.682 bits per heavy atom. The lowest BCUT2D eigenvalue weighted by Crippen LogP contribution is -2.49. The van der Waals surface area contributed by atoms with Gasteiger partial charge in [-0.3, -0.25) is 9.98 Å². The molecular formula is C14H24N4O2S2. The van der Waals surface area contributed by atoms with Gasteiger partial charge in [0, 0.05) is 0 Å². The second-order valence-corrected chi connectivity index (χ2v) is 9.80. The van der Waals surface area contributed by atoms with Gasteiger partial charge >= 0.3 is 0 Å². The van der Waals surface area contributed by atoms with Crippen molar-refractivity contribution in [2.45, 2.75) is 77.8 Å². The number of rotatable bonds is 0. The molecule has 2 radical (unpaired) electrons. The first-order valence-electron chi connectivity index (χ1n) is 7.23. The second kappa shape index (κ2) is 5.19. The van der Waals surface area contributed by atoms with Gasteiger partial charge in [-0.2, -0.15) is 0 Å². The van der Waals surface area contributed by atoms with Crippen LogP contribution in [0, 0.1) is 0 Å². The molecule has 0 aliphatic carbocycles. The topological polar surface area (TPSA) is 71.0 Å². The summed E-state index contributed by atoms with van der Waals surface area (Å²) in [6.45, 7) is 14.7. The molecule has 124 valence electrons. The summed E-state index contributed by atoms with van der Waals surface area (Å²) in [5.74, 6) is 0. The summed E-state index contributed by atoms with van der Waals surface area (Å²) >= 11 is 0. The third-order valence-electron chi connectivity index (χ3n) is 4.01. The Labute approximate surface area is 140 Å². The summed E-state index contributed by atoms with van der Waals surface area (Å²) in [7, 11) is 2.86. The fourth-order valence-corrected chi connectivity index (χ4v) is 5.90. The van der Waals surface area contributed by atoms with Gasteiger partial charge in [0.1, 0.15) is 21.4 Å². The summed E-state index contributed by atoms with van der Waals surface area (Å²) < 4.78 is 0. The van der Waals surface area contributed by atoms with E-state index in [0.29, 0.717) is 0 Å². The van der Waals surface area contributed by atoms with Gasteiger partial charge in [-0.05, 0) is 77.0 Å². The van der Waals surface area contributed by atoms with Crippen molar-refractivity contribution in [3.8, 4) is 0 Å². The molecule has 2 aliphatic heterocycles. The molecule has 2 rings (SSSR count). The van der Waals surface area contributed by atoms with Crippen LogP contribution in [-0.4, -0.2) is 42.6 Å². The molecule has 0 aromatic heterocycles. The molecule has 0 fully saturated rings. The molecule has 6 nitrogen and oxygen atoms in total. The predicted molar refractivity (Wildman–Crippen MR) is 91.4 cm³/mol. The van der Waals surface area contributed by atoms with Crippen molar-refractivity contribution in [3.05, 3.63) is 0 Å². The van der Waals surface area contributed by atoms with Gasteiger partial charge < -0.3 is 0 Å². The highest BCUT2D eigenvalue weighted by atomic mass is 33.1. The molecule has 0 unspecified atom stereocenters. The number of hydroxylamine groups is 4. The van der Waals surface area contributed by atoms with E-state index >= 15 is 0 Å². The first kappa shape index (κ1) is 18.2. The number of aliphatic imine (C=N–C) groups is 2. The fraction of sp³-hybridized carbons (Fsp3) is 0.857. The Hall–Kier alpha value is -0.120. The van der Waals surface area contributed by atoms with E-state index in [4.69, 9.17) is 0 Å². The van der Waals surface area contributed by atoms with Crippen molar-refractivity contribution >= 4 is 31.7 Å². The molecule has 8 heteroatoms. The minimum Gasteiger partial charge on any atom is -0.256 e. The van der Waals surface area contributed by atoms with Gasteiger partial charge in [0.15, 0.2) is 0 Å². The zero-order chi connectivity index (χ0) is 17.1. The lowest BCUT2D eigenvalue weighted by atomic mass is 10.1. The van der Waals surface area contributed by atoms with Crippen LogP contribution >= 0.6 is 21.6 Å². The van der Waals surface area contributed by atoms with Crippen molar-refractivity contribution in [2.24, 2.45) is 9.98 Å². The Kier molecular flexibility index (Phi) is 4.30. The van der Waals surface area contributed by atoms with Crippen molar-refractivity contribution in [1.29, 1.82) is 0 Å². The summed E-state index contributed by atoms with van der Waals surface area (Å²) in [6, 6.07) is 0. The first-order chi connectivity index (χ1) is 9.73. The van der Waals surface area contributed by atoms with Crippen LogP contribution in [0.3, 0.4) is 0 Å².